The first-order valence-electron chi connectivity index (χ1n) is 8.43. The molecule has 21 heavy (non-hydrogen) atoms. The highest BCUT2D eigenvalue weighted by Crippen LogP contribution is 2.40. The lowest BCUT2D eigenvalue weighted by Crippen LogP contribution is -2.43. The number of rotatable bonds is 2. The predicted octanol–water partition coefficient (Wildman–Crippen LogP) is 4.08. The van der Waals surface area contributed by atoms with Crippen molar-refractivity contribution in [2.75, 3.05) is 18.5 Å². The van der Waals surface area contributed by atoms with Gasteiger partial charge in [0.05, 0.1) is 0 Å². The molecule has 2 aliphatic rings. The second-order valence-electron chi connectivity index (χ2n) is 6.55. The molecule has 0 bridgehead atoms. The van der Waals surface area contributed by atoms with E-state index < -0.39 is 0 Å². The average molecular weight is 284 g/mol. The fraction of sp³-hybridized carbons (Fsp3) is 0.579. The zero-order valence-electron chi connectivity index (χ0n) is 13.9. The van der Waals surface area contributed by atoms with Crippen molar-refractivity contribution < 1.29 is 0 Å². The zero-order valence-corrected chi connectivity index (χ0v) is 13.9. The summed E-state index contributed by atoms with van der Waals surface area (Å²) in [5, 5.41) is 0. The van der Waals surface area contributed by atoms with Crippen LogP contribution in [-0.4, -0.2) is 30.6 Å². The summed E-state index contributed by atoms with van der Waals surface area (Å²) in [7, 11) is 2.25. The van der Waals surface area contributed by atoms with E-state index in [2.05, 4.69) is 56.3 Å². The Morgan fingerprint density at radius 3 is 2.52 bits per heavy atom. The molecular weight excluding hydrogens is 256 g/mol. The Hall–Kier alpha value is -1.44. The largest absolute Gasteiger partial charge is 0.369 e. The van der Waals surface area contributed by atoms with E-state index in [1.165, 1.54) is 40.9 Å². The Kier molecular flexibility index (Phi) is 3.73. The van der Waals surface area contributed by atoms with Gasteiger partial charge in [0.15, 0.2) is 0 Å². The Bertz CT molecular complexity index is 561. The van der Waals surface area contributed by atoms with Crippen LogP contribution in [0.3, 0.4) is 0 Å². The van der Waals surface area contributed by atoms with Crippen LogP contribution in [0, 0.1) is 0 Å². The van der Waals surface area contributed by atoms with Crippen molar-refractivity contribution >= 4 is 11.4 Å². The van der Waals surface area contributed by atoms with Crippen molar-refractivity contribution in [3.63, 3.8) is 0 Å². The van der Waals surface area contributed by atoms with E-state index in [1.807, 2.05) is 0 Å². The van der Waals surface area contributed by atoms with Crippen molar-refractivity contribution in [2.45, 2.75) is 58.5 Å². The quantitative estimate of drug-likeness (QED) is 0.807. The molecule has 2 atom stereocenters. The molecule has 1 saturated heterocycles. The lowest BCUT2D eigenvalue weighted by molar-refractivity contribution is 0.330. The number of hydrogen-bond acceptors (Lipinski definition) is 2. The fourth-order valence-electron chi connectivity index (χ4n) is 4.12. The first kappa shape index (κ1) is 14.5. The Balaban J connectivity index is 2.16. The third kappa shape index (κ3) is 2.16. The number of anilines is 1. The van der Waals surface area contributed by atoms with E-state index in [0.29, 0.717) is 12.1 Å². The van der Waals surface area contributed by atoms with Gasteiger partial charge < -0.3 is 9.80 Å². The van der Waals surface area contributed by atoms with Gasteiger partial charge in [0, 0.05) is 42.6 Å². The first-order chi connectivity index (χ1) is 10.1. The molecule has 2 unspecified atom stereocenters. The lowest BCUT2D eigenvalue weighted by atomic mass is 9.96. The number of hydrogen-bond donors (Lipinski definition) is 0. The van der Waals surface area contributed by atoms with Crippen molar-refractivity contribution in [1.29, 1.82) is 0 Å². The molecule has 2 heteroatoms. The van der Waals surface area contributed by atoms with E-state index in [1.54, 1.807) is 0 Å². The van der Waals surface area contributed by atoms with Gasteiger partial charge in [-0.25, -0.2) is 0 Å². The third-order valence-corrected chi connectivity index (χ3v) is 5.58. The minimum Gasteiger partial charge on any atom is -0.369 e. The molecule has 0 N–H and O–H groups in total. The van der Waals surface area contributed by atoms with Gasteiger partial charge in [0.25, 0.3) is 0 Å². The molecule has 0 aliphatic carbocycles. The monoisotopic (exact) mass is 284 g/mol. The average Bonchev–Trinajstić information content (AvgIpc) is 2.98. The summed E-state index contributed by atoms with van der Waals surface area (Å²) >= 11 is 0. The maximum atomic E-state index is 4.46. The number of fused-ring (bicyclic) bond motifs is 2. The molecule has 0 spiro atoms. The number of benzene rings is 1. The van der Waals surface area contributed by atoms with Crippen molar-refractivity contribution in [1.82, 2.24) is 4.90 Å². The third-order valence-electron chi connectivity index (χ3n) is 5.58. The van der Waals surface area contributed by atoms with E-state index in [9.17, 15) is 0 Å². The van der Waals surface area contributed by atoms with Gasteiger partial charge in [0.2, 0.25) is 0 Å². The maximum absolute atomic E-state index is 4.46. The standard InChI is InChI=1S/C19H28N2/c1-6-15-11-17-13(3)21-10-8-9-18(21)14(4)20(5)19(17)12-16(15)7-2/h11-12,14,18H,3,6-10H2,1-2,4-5H3. The summed E-state index contributed by atoms with van der Waals surface area (Å²) in [6, 6.07) is 5.98. The SMILES string of the molecule is C=C1c2cc(CC)c(CC)cc2N(C)C(C)C2CCCN12. The van der Waals surface area contributed by atoms with Gasteiger partial charge in [-0.2, -0.15) is 0 Å². The van der Waals surface area contributed by atoms with Crippen LogP contribution in [0.1, 0.15) is 50.3 Å². The molecule has 2 aliphatic heterocycles. The van der Waals surface area contributed by atoms with Crippen LogP contribution in [0.2, 0.25) is 0 Å². The van der Waals surface area contributed by atoms with Crippen LogP contribution >= 0.6 is 0 Å². The summed E-state index contributed by atoms with van der Waals surface area (Å²) in [5.74, 6) is 0. The zero-order chi connectivity index (χ0) is 15.1. The smallest absolute Gasteiger partial charge is 0.0491 e. The van der Waals surface area contributed by atoms with Crippen LogP contribution in [0.15, 0.2) is 18.7 Å². The molecule has 3 rings (SSSR count). The molecule has 2 nitrogen and oxygen atoms in total. The van der Waals surface area contributed by atoms with Crippen LogP contribution in [0.4, 0.5) is 5.69 Å². The highest BCUT2D eigenvalue weighted by Gasteiger charge is 2.36. The van der Waals surface area contributed by atoms with E-state index in [0.717, 1.165) is 19.4 Å². The second-order valence-corrected chi connectivity index (χ2v) is 6.55. The molecule has 1 aromatic carbocycles. The Morgan fingerprint density at radius 1 is 1.19 bits per heavy atom. The Labute approximate surface area is 129 Å². The second kappa shape index (κ2) is 5.40. The van der Waals surface area contributed by atoms with E-state index in [4.69, 9.17) is 0 Å². The predicted molar refractivity (Wildman–Crippen MR) is 91.8 cm³/mol. The molecular formula is C19H28N2. The van der Waals surface area contributed by atoms with Crippen LogP contribution < -0.4 is 4.90 Å². The molecule has 1 fully saturated rings. The number of likely N-dealkylation sites (N-methyl/N-ethyl adjacent to an activating group) is 1. The summed E-state index contributed by atoms with van der Waals surface area (Å²) < 4.78 is 0. The summed E-state index contributed by atoms with van der Waals surface area (Å²) in [6.45, 7) is 12.5. The Morgan fingerprint density at radius 2 is 1.86 bits per heavy atom. The maximum Gasteiger partial charge on any atom is 0.0491 e. The summed E-state index contributed by atoms with van der Waals surface area (Å²) in [6.07, 6.45) is 4.80. The fourth-order valence-corrected chi connectivity index (χ4v) is 4.12. The molecule has 1 aromatic rings. The van der Waals surface area contributed by atoms with Crippen molar-refractivity contribution in [3.05, 3.63) is 35.4 Å². The van der Waals surface area contributed by atoms with E-state index in [-0.39, 0.29) is 0 Å². The van der Waals surface area contributed by atoms with Gasteiger partial charge in [-0.1, -0.05) is 20.4 Å². The van der Waals surface area contributed by atoms with Gasteiger partial charge >= 0.3 is 0 Å². The number of nitrogens with zero attached hydrogens (tertiary/aromatic N) is 2. The minimum atomic E-state index is 0.544. The molecule has 114 valence electrons. The van der Waals surface area contributed by atoms with Gasteiger partial charge in [-0.15, -0.1) is 0 Å². The normalized spacial score (nSPS) is 24.9. The van der Waals surface area contributed by atoms with Crippen molar-refractivity contribution in [2.24, 2.45) is 0 Å². The molecule has 0 saturated carbocycles. The minimum absolute atomic E-state index is 0.544. The van der Waals surface area contributed by atoms with Crippen LogP contribution in [0.5, 0.6) is 0 Å². The highest BCUT2D eigenvalue weighted by molar-refractivity contribution is 5.78. The lowest BCUT2D eigenvalue weighted by Gasteiger charge is -2.33. The van der Waals surface area contributed by atoms with Gasteiger partial charge in [0.1, 0.15) is 0 Å². The number of aryl methyl sites for hydroxylation is 2. The molecule has 0 aromatic heterocycles. The van der Waals surface area contributed by atoms with Gasteiger partial charge in [-0.3, -0.25) is 0 Å². The first-order valence-corrected chi connectivity index (χ1v) is 8.43. The van der Waals surface area contributed by atoms with E-state index >= 15 is 0 Å². The van der Waals surface area contributed by atoms with Crippen LogP contribution in [-0.2, 0) is 12.8 Å². The summed E-state index contributed by atoms with van der Waals surface area (Å²) in [5.41, 5.74) is 6.93. The topological polar surface area (TPSA) is 6.48 Å². The molecule has 0 radical (unpaired) electrons. The van der Waals surface area contributed by atoms with Crippen molar-refractivity contribution in [3.8, 4) is 0 Å². The molecule has 0 amide bonds. The molecule has 2 heterocycles. The summed E-state index contributed by atoms with van der Waals surface area (Å²) in [4.78, 5) is 5.03. The highest BCUT2D eigenvalue weighted by atomic mass is 15.3. The van der Waals surface area contributed by atoms with Crippen LogP contribution in [0.25, 0.3) is 5.70 Å². The van der Waals surface area contributed by atoms with Gasteiger partial charge in [-0.05, 0) is 55.9 Å².